The molecule has 1 aromatic carbocycles. The van der Waals surface area contributed by atoms with E-state index in [9.17, 15) is 4.79 Å². The average molecular weight is 339 g/mol. The third-order valence-corrected chi connectivity index (χ3v) is 3.09. The molecule has 1 aromatic heterocycles. The number of carbonyl (C=O) groups excluding carboxylic acids is 1. The predicted octanol–water partition coefficient (Wildman–Crippen LogP) is 3.68. The number of halogens is 1. The molecule has 4 heteroatoms. The van der Waals surface area contributed by atoms with E-state index in [1.807, 2.05) is 24.3 Å². The third kappa shape index (κ3) is 3.03. The minimum Gasteiger partial charge on any atom is -0.438 e. The minimum absolute atomic E-state index is 0.00154. The van der Waals surface area contributed by atoms with Crippen molar-refractivity contribution in [2.45, 2.75) is 6.92 Å². The summed E-state index contributed by atoms with van der Waals surface area (Å²) in [7, 11) is 0. The summed E-state index contributed by atoms with van der Waals surface area (Å²) in [6.07, 6.45) is 1.52. The van der Waals surface area contributed by atoms with E-state index in [1.165, 1.54) is 13.1 Å². The van der Waals surface area contributed by atoms with Crippen LogP contribution in [0.3, 0.4) is 0 Å². The van der Waals surface area contributed by atoms with Gasteiger partial charge in [0.05, 0.1) is 3.57 Å². The largest absolute Gasteiger partial charge is 0.438 e. The van der Waals surface area contributed by atoms with Gasteiger partial charge in [-0.1, -0.05) is 12.1 Å². The normalized spacial score (nSPS) is 10.0. The van der Waals surface area contributed by atoms with Crippen LogP contribution < -0.4 is 4.74 Å². The molecule has 2 aromatic rings. The molecule has 17 heavy (non-hydrogen) atoms. The molecular formula is C13H10INO2. The zero-order chi connectivity index (χ0) is 12.3. The van der Waals surface area contributed by atoms with Gasteiger partial charge in [-0.25, -0.2) is 4.98 Å². The van der Waals surface area contributed by atoms with Crippen molar-refractivity contribution in [2.24, 2.45) is 0 Å². The standard InChI is InChI=1S/C13H10INO2/c1-9(16)10-6-7-13(15-8-10)17-12-5-3-2-4-11(12)14/h2-8H,1H3. The molecule has 0 saturated carbocycles. The molecule has 0 aliphatic heterocycles. The Labute approximate surface area is 113 Å². The highest BCUT2D eigenvalue weighted by Crippen LogP contribution is 2.24. The summed E-state index contributed by atoms with van der Waals surface area (Å²) in [5, 5.41) is 0. The first-order chi connectivity index (χ1) is 8.16. The molecule has 0 aliphatic carbocycles. The van der Waals surface area contributed by atoms with Gasteiger partial charge >= 0.3 is 0 Å². The fourth-order valence-corrected chi connectivity index (χ4v) is 1.79. The van der Waals surface area contributed by atoms with E-state index in [4.69, 9.17) is 4.74 Å². The van der Waals surface area contributed by atoms with Gasteiger partial charge in [0.15, 0.2) is 5.78 Å². The van der Waals surface area contributed by atoms with Gasteiger partial charge in [0.25, 0.3) is 0 Å². The Morgan fingerprint density at radius 2 is 2.00 bits per heavy atom. The topological polar surface area (TPSA) is 39.2 Å². The molecule has 0 radical (unpaired) electrons. The van der Waals surface area contributed by atoms with Crippen LogP contribution in [0.25, 0.3) is 0 Å². The number of aromatic nitrogens is 1. The Kier molecular flexibility index (Phi) is 3.73. The summed E-state index contributed by atoms with van der Waals surface area (Å²) >= 11 is 2.20. The van der Waals surface area contributed by atoms with E-state index >= 15 is 0 Å². The average Bonchev–Trinajstić information content (AvgIpc) is 2.33. The fourth-order valence-electron chi connectivity index (χ4n) is 1.29. The molecule has 3 nitrogen and oxygen atoms in total. The lowest BCUT2D eigenvalue weighted by molar-refractivity contribution is 0.101. The zero-order valence-corrected chi connectivity index (χ0v) is 11.3. The molecule has 0 fully saturated rings. The molecule has 0 amide bonds. The summed E-state index contributed by atoms with van der Waals surface area (Å²) < 4.78 is 6.63. The van der Waals surface area contributed by atoms with Gasteiger partial charge in [-0.15, -0.1) is 0 Å². The van der Waals surface area contributed by atoms with E-state index in [0.717, 1.165) is 9.32 Å². The van der Waals surface area contributed by atoms with Crippen LogP contribution in [-0.2, 0) is 0 Å². The van der Waals surface area contributed by atoms with E-state index in [2.05, 4.69) is 27.6 Å². The Hall–Kier alpha value is -1.43. The van der Waals surface area contributed by atoms with Crippen molar-refractivity contribution in [1.82, 2.24) is 4.98 Å². The van der Waals surface area contributed by atoms with Crippen molar-refractivity contribution in [3.8, 4) is 11.6 Å². The number of Topliss-reactive ketones (excluding diaryl/α,β-unsaturated/α-hetero) is 1. The molecule has 2 rings (SSSR count). The minimum atomic E-state index is -0.00154. The number of hydrogen-bond acceptors (Lipinski definition) is 3. The highest BCUT2D eigenvalue weighted by Gasteiger charge is 2.04. The fraction of sp³-hybridized carbons (Fsp3) is 0.0769. The van der Waals surface area contributed by atoms with E-state index < -0.39 is 0 Å². The van der Waals surface area contributed by atoms with Crippen LogP contribution in [0.2, 0.25) is 0 Å². The number of pyridine rings is 1. The van der Waals surface area contributed by atoms with Crippen molar-refractivity contribution in [3.05, 3.63) is 51.7 Å². The quantitative estimate of drug-likeness (QED) is 0.633. The smallest absolute Gasteiger partial charge is 0.219 e. The number of nitrogens with zero attached hydrogens (tertiary/aromatic N) is 1. The zero-order valence-electron chi connectivity index (χ0n) is 9.18. The van der Waals surface area contributed by atoms with Gasteiger partial charge in [-0.2, -0.15) is 0 Å². The SMILES string of the molecule is CC(=O)c1ccc(Oc2ccccc2I)nc1. The van der Waals surface area contributed by atoms with Gasteiger partial charge in [0.1, 0.15) is 5.75 Å². The van der Waals surface area contributed by atoms with Crippen molar-refractivity contribution in [1.29, 1.82) is 0 Å². The molecule has 0 aliphatic rings. The number of para-hydroxylation sites is 1. The Balaban J connectivity index is 2.20. The Morgan fingerprint density at radius 1 is 1.24 bits per heavy atom. The Bertz CT molecular complexity index is 537. The molecule has 0 bridgehead atoms. The van der Waals surface area contributed by atoms with Crippen molar-refractivity contribution >= 4 is 28.4 Å². The van der Waals surface area contributed by atoms with Crippen LogP contribution in [0.5, 0.6) is 11.6 Å². The van der Waals surface area contributed by atoms with Crippen molar-refractivity contribution < 1.29 is 9.53 Å². The predicted molar refractivity (Wildman–Crippen MR) is 73.5 cm³/mol. The first kappa shape index (κ1) is 12.0. The van der Waals surface area contributed by atoms with Crippen LogP contribution in [0.15, 0.2) is 42.6 Å². The first-order valence-corrected chi connectivity index (χ1v) is 6.14. The number of benzene rings is 1. The van der Waals surface area contributed by atoms with Crippen molar-refractivity contribution in [3.63, 3.8) is 0 Å². The van der Waals surface area contributed by atoms with Crippen molar-refractivity contribution in [2.75, 3.05) is 0 Å². The van der Waals surface area contributed by atoms with Crippen LogP contribution in [0, 0.1) is 3.57 Å². The molecule has 0 N–H and O–H groups in total. The highest BCUT2D eigenvalue weighted by atomic mass is 127. The molecule has 0 saturated heterocycles. The number of carbonyl (C=O) groups is 1. The molecule has 1 heterocycles. The lowest BCUT2D eigenvalue weighted by Crippen LogP contribution is -1.95. The lowest BCUT2D eigenvalue weighted by Gasteiger charge is -2.06. The summed E-state index contributed by atoms with van der Waals surface area (Å²) in [5.41, 5.74) is 0.583. The van der Waals surface area contributed by atoms with E-state index in [1.54, 1.807) is 12.1 Å². The molecule has 86 valence electrons. The van der Waals surface area contributed by atoms with Gasteiger partial charge in [-0.3, -0.25) is 4.79 Å². The van der Waals surface area contributed by atoms with Crippen LogP contribution in [0.4, 0.5) is 0 Å². The van der Waals surface area contributed by atoms with Gasteiger partial charge in [-0.05, 0) is 47.7 Å². The molecular weight excluding hydrogens is 329 g/mol. The number of rotatable bonds is 3. The maximum absolute atomic E-state index is 11.1. The Morgan fingerprint density at radius 3 is 2.59 bits per heavy atom. The maximum atomic E-state index is 11.1. The van der Waals surface area contributed by atoms with Gasteiger partial charge in [0, 0.05) is 17.8 Å². The number of ketones is 1. The summed E-state index contributed by atoms with van der Waals surface area (Å²) in [6, 6.07) is 11.1. The molecule has 0 spiro atoms. The van der Waals surface area contributed by atoms with Gasteiger partial charge in [0.2, 0.25) is 5.88 Å². The van der Waals surface area contributed by atoms with E-state index in [0.29, 0.717) is 11.4 Å². The van der Waals surface area contributed by atoms with Crippen LogP contribution in [-0.4, -0.2) is 10.8 Å². The maximum Gasteiger partial charge on any atom is 0.219 e. The second kappa shape index (κ2) is 5.27. The lowest BCUT2D eigenvalue weighted by atomic mass is 10.2. The second-order valence-corrected chi connectivity index (χ2v) is 4.64. The summed E-state index contributed by atoms with van der Waals surface area (Å²) in [5.74, 6) is 1.24. The molecule has 0 unspecified atom stereocenters. The van der Waals surface area contributed by atoms with Crippen LogP contribution >= 0.6 is 22.6 Å². The summed E-state index contributed by atoms with van der Waals surface area (Å²) in [6.45, 7) is 1.51. The summed E-state index contributed by atoms with van der Waals surface area (Å²) in [4.78, 5) is 15.2. The number of hydrogen-bond donors (Lipinski definition) is 0. The van der Waals surface area contributed by atoms with Gasteiger partial charge < -0.3 is 4.74 Å². The first-order valence-electron chi connectivity index (χ1n) is 5.06. The van der Waals surface area contributed by atoms with E-state index in [-0.39, 0.29) is 5.78 Å². The number of ether oxygens (including phenoxy) is 1. The third-order valence-electron chi connectivity index (χ3n) is 2.19. The monoisotopic (exact) mass is 339 g/mol. The second-order valence-electron chi connectivity index (χ2n) is 3.47. The highest BCUT2D eigenvalue weighted by molar-refractivity contribution is 14.1. The van der Waals surface area contributed by atoms with Crippen LogP contribution in [0.1, 0.15) is 17.3 Å². The molecule has 0 atom stereocenters.